The second kappa shape index (κ2) is 39.0. The monoisotopic (exact) mass is 806 g/mol. The molecule has 0 saturated carbocycles. The second-order valence-electron chi connectivity index (χ2n) is 18.5. The zero-order valence-electron chi connectivity index (χ0n) is 38.5. The van der Waals surface area contributed by atoms with Gasteiger partial charge in [-0.3, -0.25) is 0 Å². The third kappa shape index (κ3) is 35.7. The van der Waals surface area contributed by atoms with Crippen LogP contribution >= 0.6 is 15.1 Å². The number of unbranched alkanes of at least 4 members (excludes halogenated alkanes) is 23. The highest BCUT2D eigenvalue weighted by atomic mass is 31.2. The van der Waals surface area contributed by atoms with Gasteiger partial charge in [-0.25, -0.2) is 4.57 Å². The molecule has 3 N–H and O–H groups in total. The molecule has 0 bridgehead atoms. The highest BCUT2D eigenvalue weighted by Gasteiger charge is 2.54. The molecule has 0 spiro atoms. The van der Waals surface area contributed by atoms with Crippen LogP contribution in [0.1, 0.15) is 274 Å². The number of hydrogen-bond donors (Lipinski definition) is 3. The maximum atomic E-state index is 8.88. The zero-order chi connectivity index (χ0) is 40.8. The Labute approximate surface area is 342 Å². The van der Waals surface area contributed by atoms with E-state index in [9.17, 15) is 0 Å². The first-order valence-corrected chi connectivity index (χ1v) is 28.4. The largest absolute Gasteiger partial charge is 0.466 e. The molecule has 0 atom stereocenters. The van der Waals surface area contributed by atoms with Gasteiger partial charge in [-0.2, -0.15) is 0 Å². The number of rotatable bonds is 40. The topological polar surface area (TPSA) is 77.8 Å². The molecular weight excluding hydrogens is 702 g/mol. The Morgan fingerprint density at radius 3 is 0.907 bits per heavy atom. The summed E-state index contributed by atoms with van der Waals surface area (Å²) >= 11 is 0. The molecular formula is C48H103O4P2+. The molecule has 0 saturated heterocycles. The van der Waals surface area contributed by atoms with Gasteiger partial charge >= 0.3 is 7.82 Å². The molecule has 0 amide bonds. The van der Waals surface area contributed by atoms with Crippen molar-refractivity contribution in [2.24, 2.45) is 11.8 Å². The van der Waals surface area contributed by atoms with Crippen molar-refractivity contribution in [1.82, 2.24) is 0 Å². The van der Waals surface area contributed by atoms with E-state index in [1.165, 1.54) is 180 Å². The molecule has 0 unspecified atom stereocenters. The Balaban J connectivity index is 0. The van der Waals surface area contributed by atoms with E-state index < -0.39 is 15.1 Å². The Kier molecular flexibility index (Phi) is 40.9. The van der Waals surface area contributed by atoms with E-state index in [4.69, 9.17) is 19.2 Å². The first-order valence-electron chi connectivity index (χ1n) is 24.5. The molecule has 0 aliphatic rings. The molecule has 0 radical (unpaired) electrons. The van der Waals surface area contributed by atoms with Crippen molar-refractivity contribution in [3.8, 4) is 0 Å². The maximum Gasteiger partial charge on any atom is 0.466 e. The third-order valence-electron chi connectivity index (χ3n) is 12.4. The van der Waals surface area contributed by atoms with Crippen LogP contribution in [0, 0.1) is 11.8 Å². The highest BCUT2D eigenvalue weighted by molar-refractivity contribution is 7.77. The lowest BCUT2D eigenvalue weighted by molar-refractivity contribution is 0.275. The molecule has 0 rings (SSSR count). The fraction of sp³-hybridized carbons (Fsp3) is 1.00. The predicted octanol–water partition coefficient (Wildman–Crippen LogP) is 17.5. The summed E-state index contributed by atoms with van der Waals surface area (Å²) in [6.45, 7) is 19.4. The van der Waals surface area contributed by atoms with Gasteiger partial charge < -0.3 is 14.7 Å². The lowest BCUT2D eigenvalue weighted by Gasteiger charge is -2.47. The fourth-order valence-corrected chi connectivity index (χ4v) is 15.6. The Morgan fingerprint density at radius 2 is 0.611 bits per heavy atom. The zero-order valence-corrected chi connectivity index (χ0v) is 40.3. The van der Waals surface area contributed by atoms with E-state index in [-0.39, 0.29) is 0 Å². The van der Waals surface area contributed by atoms with Gasteiger partial charge in [0.25, 0.3) is 0 Å². The van der Waals surface area contributed by atoms with Crippen molar-refractivity contribution in [3.63, 3.8) is 0 Å². The van der Waals surface area contributed by atoms with Crippen molar-refractivity contribution < 1.29 is 19.2 Å². The number of phosphoric acid groups is 1. The molecule has 54 heavy (non-hydrogen) atoms. The van der Waals surface area contributed by atoms with Crippen LogP contribution in [-0.4, -0.2) is 38.3 Å². The van der Waals surface area contributed by atoms with Crippen LogP contribution in [0.15, 0.2) is 0 Å². The lowest BCUT2D eigenvalue weighted by Crippen LogP contribution is -2.37. The standard InChI is InChI=1S/C48H100P.H3O4P/c1-9-13-17-20-21-22-23-24-25-26-27-37-45-49(43-35-18-14-10-2,44-36-19-15-11-3)48(40-32-16-12-4,41-33-28-30-38-46(5)6)42-34-29-31-39-47(7)8;1-5(2,3)4/h46-47H,9-45H2,1-8H3;(H3,1,2,3,4)/q+1;. The van der Waals surface area contributed by atoms with E-state index >= 15 is 0 Å². The quantitative estimate of drug-likeness (QED) is 0.0426. The smallest absolute Gasteiger partial charge is 0.303 e. The van der Waals surface area contributed by atoms with Gasteiger partial charge in [-0.15, -0.1) is 0 Å². The van der Waals surface area contributed by atoms with Crippen molar-refractivity contribution in [3.05, 3.63) is 0 Å². The third-order valence-corrected chi connectivity index (χ3v) is 18.6. The van der Waals surface area contributed by atoms with Gasteiger partial charge in [0.2, 0.25) is 0 Å². The number of hydrogen-bond acceptors (Lipinski definition) is 1. The second-order valence-corrected chi connectivity index (χ2v) is 24.1. The summed E-state index contributed by atoms with van der Waals surface area (Å²) in [5.41, 5.74) is 0. The molecule has 6 heteroatoms. The van der Waals surface area contributed by atoms with E-state index in [1.807, 2.05) is 0 Å². The van der Waals surface area contributed by atoms with E-state index in [2.05, 4.69) is 55.4 Å². The molecule has 328 valence electrons. The molecule has 0 aromatic heterocycles. The minimum Gasteiger partial charge on any atom is -0.303 e. The molecule has 0 aliphatic heterocycles. The van der Waals surface area contributed by atoms with Crippen molar-refractivity contribution in [2.45, 2.75) is 279 Å². The van der Waals surface area contributed by atoms with Gasteiger partial charge in [-0.05, 0) is 88.9 Å². The predicted molar refractivity (Wildman–Crippen MR) is 248 cm³/mol. The minimum absolute atomic E-state index is 0.689. The van der Waals surface area contributed by atoms with Crippen LogP contribution in [0.4, 0.5) is 0 Å². The normalized spacial score (nSPS) is 12.5. The minimum atomic E-state index is -4.64. The fourth-order valence-electron chi connectivity index (χ4n) is 9.14. The average molecular weight is 806 g/mol. The Hall–Kier alpha value is 0.540. The summed E-state index contributed by atoms with van der Waals surface area (Å²) in [7, 11) is -5.71. The van der Waals surface area contributed by atoms with Gasteiger partial charge in [0, 0.05) is 7.26 Å². The Morgan fingerprint density at radius 1 is 0.389 bits per heavy atom. The Bertz CT molecular complexity index is 757. The maximum absolute atomic E-state index is 8.88. The molecule has 0 fully saturated rings. The van der Waals surface area contributed by atoms with E-state index in [0.29, 0.717) is 5.16 Å². The summed E-state index contributed by atoms with van der Waals surface area (Å²) < 4.78 is 8.88. The van der Waals surface area contributed by atoms with Crippen LogP contribution in [0.5, 0.6) is 0 Å². The van der Waals surface area contributed by atoms with Crippen LogP contribution in [0.25, 0.3) is 0 Å². The lowest BCUT2D eigenvalue weighted by atomic mass is 9.88. The van der Waals surface area contributed by atoms with Crippen molar-refractivity contribution >= 4 is 15.1 Å². The molecule has 0 aromatic rings. The summed E-state index contributed by atoms with van der Waals surface area (Å²) in [4.78, 5) is 21.6. The van der Waals surface area contributed by atoms with Crippen LogP contribution < -0.4 is 0 Å². The first-order chi connectivity index (χ1) is 25.8. The highest BCUT2D eigenvalue weighted by Crippen LogP contribution is 2.74. The van der Waals surface area contributed by atoms with E-state index in [1.54, 1.807) is 57.0 Å². The summed E-state index contributed by atoms with van der Waals surface area (Å²) in [6.07, 6.45) is 55.5. The molecule has 0 heterocycles. The van der Waals surface area contributed by atoms with Gasteiger partial charge in [-0.1, -0.05) is 197 Å². The van der Waals surface area contributed by atoms with Crippen molar-refractivity contribution in [2.75, 3.05) is 18.5 Å². The molecule has 4 nitrogen and oxygen atoms in total. The van der Waals surface area contributed by atoms with Crippen molar-refractivity contribution in [1.29, 1.82) is 0 Å². The van der Waals surface area contributed by atoms with Crippen LogP contribution in [-0.2, 0) is 4.57 Å². The van der Waals surface area contributed by atoms with Gasteiger partial charge in [0.15, 0.2) is 0 Å². The van der Waals surface area contributed by atoms with E-state index in [0.717, 1.165) is 11.8 Å². The SMILES string of the molecule is CCCCCCCCCCCCCC[P+](CCCCCC)(CCCCCC)C(CCCCC)(CCCCCC(C)C)CCCCCC(C)C.O=P(O)(O)O. The van der Waals surface area contributed by atoms with Crippen LogP contribution in [0.3, 0.4) is 0 Å². The first kappa shape index (κ1) is 56.6. The van der Waals surface area contributed by atoms with Gasteiger partial charge in [0.05, 0.1) is 23.6 Å². The summed E-state index contributed by atoms with van der Waals surface area (Å²) in [6, 6.07) is 0. The average Bonchev–Trinajstić information content (AvgIpc) is 3.10. The molecule has 0 aromatic carbocycles. The molecule has 0 aliphatic carbocycles. The van der Waals surface area contributed by atoms with Crippen LogP contribution in [0.2, 0.25) is 0 Å². The summed E-state index contributed by atoms with van der Waals surface area (Å²) in [5.74, 6) is 1.73. The van der Waals surface area contributed by atoms with Gasteiger partial charge in [0.1, 0.15) is 0 Å². The summed E-state index contributed by atoms with van der Waals surface area (Å²) in [5, 5.41) is 0.689.